The van der Waals surface area contributed by atoms with E-state index in [1.54, 1.807) is 42.1 Å². The highest BCUT2D eigenvalue weighted by Gasteiger charge is 2.65. The predicted octanol–water partition coefficient (Wildman–Crippen LogP) is 10.2. The molecule has 1 fully saturated rings. The summed E-state index contributed by atoms with van der Waals surface area (Å²) in [5, 5.41) is 34.8. The Hall–Kier alpha value is -5.78. The molecular formula is C55H63N3O9S. The Kier molecular flexibility index (Phi) is 15.8. The van der Waals surface area contributed by atoms with Crippen molar-refractivity contribution in [3.63, 3.8) is 0 Å². The topological polar surface area (TPSA) is 152 Å². The van der Waals surface area contributed by atoms with Gasteiger partial charge in [0.05, 0.1) is 36.5 Å². The molecule has 0 aromatic heterocycles. The quantitative estimate of drug-likeness (QED) is 0.0355. The van der Waals surface area contributed by atoms with Crippen LogP contribution in [0.15, 0.2) is 125 Å². The van der Waals surface area contributed by atoms with Crippen LogP contribution in [0.3, 0.4) is 0 Å². The Morgan fingerprint density at radius 2 is 1.71 bits per heavy atom. The Morgan fingerprint density at radius 1 is 0.956 bits per heavy atom. The van der Waals surface area contributed by atoms with Crippen LogP contribution in [-0.2, 0) is 16.1 Å². The molecule has 1 amide bonds. The van der Waals surface area contributed by atoms with E-state index >= 15 is 4.79 Å². The van der Waals surface area contributed by atoms with Crippen molar-refractivity contribution in [3.05, 3.63) is 138 Å². The first kappa shape index (κ1) is 48.7. The third-order valence-corrected chi connectivity index (χ3v) is 14.1. The average molecular weight is 942 g/mol. The number of nitrogens with zero attached hydrogens (tertiary/aromatic N) is 3. The van der Waals surface area contributed by atoms with E-state index in [4.69, 9.17) is 33.7 Å². The van der Waals surface area contributed by atoms with Gasteiger partial charge in [0, 0.05) is 53.9 Å². The summed E-state index contributed by atoms with van der Waals surface area (Å²) in [6, 6.07) is 30.1. The van der Waals surface area contributed by atoms with E-state index in [0.29, 0.717) is 53.5 Å². The lowest BCUT2D eigenvalue weighted by atomic mass is 9.55. The molecule has 0 saturated heterocycles. The molecule has 2 heterocycles. The highest BCUT2D eigenvalue weighted by molar-refractivity contribution is 7.99. The van der Waals surface area contributed by atoms with Gasteiger partial charge in [0.25, 0.3) is 5.91 Å². The Labute approximate surface area is 404 Å². The van der Waals surface area contributed by atoms with Crippen molar-refractivity contribution in [1.82, 2.24) is 4.90 Å². The van der Waals surface area contributed by atoms with Crippen LogP contribution in [0.5, 0.6) is 23.0 Å². The summed E-state index contributed by atoms with van der Waals surface area (Å²) >= 11 is 1.74. The van der Waals surface area contributed by atoms with Gasteiger partial charge >= 0.3 is 0 Å². The van der Waals surface area contributed by atoms with Crippen LogP contribution in [-0.4, -0.2) is 83.1 Å². The van der Waals surface area contributed by atoms with Crippen molar-refractivity contribution in [2.75, 3.05) is 39.0 Å². The summed E-state index contributed by atoms with van der Waals surface area (Å²) in [5.41, 5.74) is 3.61. The van der Waals surface area contributed by atoms with Gasteiger partial charge in [-0.25, -0.2) is 0 Å². The number of nitriles is 1. The first-order valence-corrected chi connectivity index (χ1v) is 24.8. The second-order valence-corrected chi connectivity index (χ2v) is 20.0. The lowest BCUT2D eigenvalue weighted by Gasteiger charge is -2.60. The number of aliphatic hydroxyl groups excluding tert-OH is 2. The summed E-state index contributed by atoms with van der Waals surface area (Å²) < 4.78 is 32.8. The minimum Gasteiger partial charge on any atom is -0.493 e. The van der Waals surface area contributed by atoms with Crippen molar-refractivity contribution in [2.24, 2.45) is 22.9 Å². The number of aliphatic hydroxyl groups is 2. The molecule has 6 atom stereocenters. The van der Waals surface area contributed by atoms with Crippen molar-refractivity contribution < 1.29 is 43.5 Å². The maximum absolute atomic E-state index is 15.5. The molecule has 8 rings (SSSR count). The van der Waals surface area contributed by atoms with E-state index in [0.717, 1.165) is 53.9 Å². The van der Waals surface area contributed by atoms with Crippen molar-refractivity contribution in [1.29, 1.82) is 5.26 Å². The van der Waals surface area contributed by atoms with Crippen molar-refractivity contribution >= 4 is 23.4 Å². The van der Waals surface area contributed by atoms with Crippen LogP contribution in [0.4, 0.5) is 0 Å². The van der Waals surface area contributed by atoms with E-state index in [9.17, 15) is 15.5 Å². The summed E-state index contributed by atoms with van der Waals surface area (Å²) in [6.07, 6.45) is 8.81. The molecule has 4 aromatic rings. The Balaban J connectivity index is 1.32. The zero-order valence-corrected chi connectivity index (χ0v) is 40.1. The molecule has 2 aliphatic carbocycles. The minimum absolute atomic E-state index is 0.0345. The molecule has 12 nitrogen and oxygen atoms in total. The molecule has 1 saturated carbocycles. The van der Waals surface area contributed by atoms with Gasteiger partial charge < -0.3 is 43.6 Å². The fourth-order valence-electron chi connectivity index (χ4n) is 10.2. The highest BCUT2D eigenvalue weighted by Crippen LogP contribution is 2.62. The van der Waals surface area contributed by atoms with Crippen LogP contribution in [0.25, 0.3) is 0 Å². The van der Waals surface area contributed by atoms with Crippen molar-refractivity contribution in [2.45, 2.75) is 101 Å². The molecule has 0 bridgehead atoms. The third-order valence-electron chi connectivity index (χ3n) is 13.1. The van der Waals surface area contributed by atoms with Crippen LogP contribution >= 0.6 is 11.8 Å². The number of fused-ring (bicyclic) bond motifs is 3. The lowest BCUT2D eigenvalue weighted by Crippen LogP contribution is -2.70. The van der Waals surface area contributed by atoms with Crippen LogP contribution in [0, 0.1) is 29.1 Å². The first-order valence-electron chi connectivity index (χ1n) is 23.8. The number of carbonyl (C=O) groups is 1. The van der Waals surface area contributed by atoms with Crippen LogP contribution < -0.4 is 18.9 Å². The van der Waals surface area contributed by atoms with Gasteiger partial charge in [0.1, 0.15) is 23.1 Å². The summed E-state index contributed by atoms with van der Waals surface area (Å²) in [6.45, 7) is 11.0. The smallest absolute Gasteiger partial charge is 0.254 e. The summed E-state index contributed by atoms with van der Waals surface area (Å²) in [7, 11) is 0. The maximum atomic E-state index is 15.5. The number of benzene rings is 4. The Morgan fingerprint density at radius 3 is 2.44 bits per heavy atom. The predicted molar refractivity (Wildman–Crippen MR) is 262 cm³/mol. The largest absolute Gasteiger partial charge is 0.493 e. The molecule has 0 spiro atoms. The van der Waals surface area contributed by atoms with E-state index in [1.807, 2.05) is 74.2 Å². The summed E-state index contributed by atoms with van der Waals surface area (Å²) in [4.78, 5) is 24.8. The van der Waals surface area contributed by atoms with Gasteiger partial charge in [-0.15, -0.1) is 18.3 Å². The van der Waals surface area contributed by atoms with Gasteiger partial charge in [-0.2, -0.15) is 5.26 Å². The maximum Gasteiger partial charge on any atom is 0.254 e. The molecule has 68 heavy (non-hydrogen) atoms. The number of ether oxygens (including phenoxy) is 5. The number of rotatable bonds is 21. The SMILES string of the molecule is C=CCOC12Oc3ccc(OCCSc4ccccc4)cc3C3C(CCCCO)C(CCCCO)C=C(C(=NOC(C)(C)C)CC1N(Cc1ccc4c(c1)OCO4)C(=O)c1ccc(C#N)cc1)C32. The van der Waals surface area contributed by atoms with E-state index < -0.39 is 23.3 Å². The molecule has 358 valence electrons. The number of allylic oxidation sites excluding steroid dienone is 1. The van der Waals surface area contributed by atoms with E-state index in [1.165, 1.54) is 4.90 Å². The second-order valence-electron chi connectivity index (χ2n) is 18.8. The van der Waals surface area contributed by atoms with Crippen LogP contribution in [0.2, 0.25) is 0 Å². The number of hydrogen-bond acceptors (Lipinski definition) is 12. The molecule has 2 N–H and O–H groups in total. The van der Waals surface area contributed by atoms with Gasteiger partial charge in [-0.1, -0.05) is 54.4 Å². The van der Waals surface area contributed by atoms with E-state index in [2.05, 4.69) is 36.9 Å². The van der Waals surface area contributed by atoms with Gasteiger partial charge in [-0.05, 0) is 136 Å². The monoisotopic (exact) mass is 941 g/mol. The van der Waals surface area contributed by atoms with Crippen molar-refractivity contribution in [3.8, 4) is 29.1 Å². The molecule has 2 aliphatic heterocycles. The van der Waals surface area contributed by atoms with Gasteiger partial charge in [-0.3, -0.25) is 4.79 Å². The highest BCUT2D eigenvalue weighted by atomic mass is 32.2. The molecule has 0 radical (unpaired) electrons. The number of carbonyl (C=O) groups excluding carboxylic acids is 1. The lowest BCUT2D eigenvalue weighted by molar-refractivity contribution is -0.255. The normalized spacial score (nSPS) is 22.8. The Bertz CT molecular complexity index is 2480. The molecule has 6 unspecified atom stereocenters. The third kappa shape index (κ3) is 10.9. The number of oxime groups is 1. The summed E-state index contributed by atoms with van der Waals surface area (Å²) in [5.74, 6) is 0.902. The molecule has 4 aliphatic rings. The average Bonchev–Trinajstić information content (AvgIpc) is 3.82. The van der Waals surface area contributed by atoms with Crippen LogP contribution in [0.1, 0.15) is 98.7 Å². The number of thioether (sulfide) groups is 1. The fourth-order valence-corrected chi connectivity index (χ4v) is 10.9. The second kappa shape index (κ2) is 22.1. The van der Waals surface area contributed by atoms with Gasteiger partial charge in [0.2, 0.25) is 12.6 Å². The minimum atomic E-state index is -1.49. The van der Waals surface area contributed by atoms with Gasteiger partial charge in [0.15, 0.2) is 11.5 Å². The van der Waals surface area contributed by atoms with E-state index in [-0.39, 0.29) is 63.2 Å². The molecule has 13 heteroatoms. The number of hydrogen-bond donors (Lipinski definition) is 2. The standard InChI is InChI=1S/C55H63N3O9S/c1-5-27-65-55-50(58(53(61)39-20-17-37(34-56)18-21-39)35-38-19-23-48-49(30-38)64-36-63-48)33-46(57-67-54(2,3)4)44-31-40(13-9-11-25-59)43(16-10-12-26-60)51(52(44)55)45-32-41(22-24-47(45)66-55)62-28-29-68-42-14-7-6-8-15-42/h5-8,14-15,17-24,30-32,40,43,50-52,59-60H,1,9-13,16,25-29,33,35-36H2,2-4H3. The molecular weight excluding hydrogens is 879 g/mol. The number of unbranched alkanes of at least 4 members (excludes halogenated alkanes) is 2. The number of amides is 1. The zero-order valence-electron chi connectivity index (χ0n) is 39.3. The zero-order chi connectivity index (χ0) is 47.7. The first-order chi connectivity index (χ1) is 33.0. The molecule has 4 aromatic carbocycles. The fraction of sp³-hybridized carbons (Fsp3) is 0.436.